The zero-order valence-corrected chi connectivity index (χ0v) is 11.7. The highest BCUT2D eigenvalue weighted by molar-refractivity contribution is 7.09. The molecule has 2 N–H and O–H groups in total. The van der Waals surface area contributed by atoms with Crippen LogP contribution in [-0.2, 0) is 11.2 Å². The largest absolute Gasteiger partial charge is 0.339 e. The van der Waals surface area contributed by atoms with Crippen molar-refractivity contribution >= 4 is 17.2 Å². The summed E-state index contributed by atoms with van der Waals surface area (Å²) in [5.41, 5.74) is 5.62. The Kier molecular flexibility index (Phi) is 4.74. The molecule has 0 bridgehead atoms. The lowest BCUT2D eigenvalue weighted by molar-refractivity contribution is -0.133. The number of carbonyl (C=O) groups excluding carboxylic acids is 1. The van der Waals surface area contributed by atoms with E-state index in [1.165, 1.54) is 4.88 Å². The first kappa shape index (κ1) is 13.5. The minimum Gasteiger partial charge on any atom is -0.339 e. The molecule has 0 spiro atoms. The van der Waals surface area contributed by atoms with Crippen molar-refractivity contribution in [1.82, 2.24) is 9.80 Å². The van der Waals surface area contributed by atoms with Gasteiger partial charge in [-0.1, -0.05) is 6.07 Å². The second kappa shape index (κ2) is 6.31. The van der Waals surface area contributed by atoms with E-state index in [4.69, 9.17) is 5.73 Å². The van der Waals surface area contributed by atoms with Gasteiger partial charge in [-0.15, -0.1) is 11.3 Å². The Balaban J connectivity index is 1.72. The van der Waals surface area contributed by atoms with Gasteiger partial charge in [-0.3, -0.25) is 9.69 Å². The molecule has 1 aromatic heterocycles. The molecule has 1 amide bonds. The van der Waals surface area contributed by atoms with E-state index in [-0.39, 0.29) is 11.9 Å². The second-order valence-corrected chi connectivity index (χ2v) is 5.82. The molecule has 0 aromatic carbocycles. The summed E-state index contributed by atoms with van der Waals surface area (Å²) in [6.45, 7) is 6.38. The SMILES string of the molecule is C[C@@H](N)C(=O)N1CCN(CCc2cccs2)CC1. The summed E-state index contributed by atoms with van der Waals surface area (Å²) in [5, 5.41) is 2.12. The molecule has 2 rings (SSSR count). The predicted molar refractivity (Wildman–Crippen MR) is 74.7 cm³/mol. The van der Waals surface area contributed by atoms with Gasteiger partial charge in [0, 0.05) is 37.6 Å². The third kappa shape index (κ3) is 3.54. The number of carbonyl (C=O) groups is 1. The lowest BCUT2D eigenvalue weighted by Gasteiger charge is -2.35. The summed E-state index contributed by atoms with van der Waals surface area (Å²) in [4.78, 5) is 17.5. The van der Waals surface area contributed by atoms with E-state index in [1.807, 2.05) is 16.2 Å². The fourth-order valence-electron chi connectivity index (χ4n) is 2.20. The highest BCUT2D eigenvalue weighted by Crippen LogP contribution is 2.11. The minimum absolute atomic E-state index is 0.0768. The van der Waals surface area contributed by atoms with Crippen LogP contribution in [0.2, 0.25) is 0 Å². The molecule has 100 valence electrons. The first-order valence-corrected chi connectivity index (χ1v) is 7.34. The molecule has 0 radical (unpaired) electrons. The first-order valence-electron chi connectivity index (χ1n) is 6.46. The lowest BCUT2D eigenvalue weighted by atomic mass is 10.2. The molecule has 0 aliphatic carbocycles. The van der Waals surface area contributed by atoms with Gasteiger partial charge in [0.05, 0.1) is 6.04 Å². The molecule has 1 fully saturated rings. The summed E-state index contributed by atoms with van der Waals surface area (Å²) in [5.74, 6) is 0.0768. The molecule has 0 unspecified atom stereocenters. The van der Waals surface area contributed by atoms with Crippen molar-refractivity contribution in [2.24, 2.45) is 5.73 Å². The topological polar surface area (TPSA) is 49.6 Å². The third-order valence-electron chi connectivity index (χ3n) is 3.33. The van der Waals surface area contributed by atoms with E-state index in [0.717, 1.165) is 39.1 Å². The molecule has 2 heterocycles. The van der Waals surface area contributed by atoms with Gasteiger partial charge in [-0.25, -0.2) is 0 Å². The van der Waals surface area contributed by atoms with Gasteiger partial charge in [0.25, 0.3) is 0 Å². The molecule has 5 heteroatoms. The van der Waals surface area contributed by atoms with Crippen molar-refractivity contribution in [3.63, 3.8) is 0 Å². The quantitative estimate of drug-likeness (QED) is 0.877. The van der Waals surface area contributed by atoms with Crippen LogP contribution in [0.15, 0.2) is 17.5 Å². The van der Waals surface area contributed by atoms with Gasteiger partial charge in [0.2, 0.25) is 5.91 Å². The average Bonchev–Trinajstić information content (AvgIpc) is 2.89. The van der Waals surface area contributed by atoms with Crippen LogP contribution in [0.4, 0.5) is 0 Å². The molecule has 1 aliphatic heterocycles. The summed E-state index contributed by atoms with van der Waals surface area (Å²) < 4.78 is 0. The van der Waals surface area contributed by atoms with Gasteiger partial charge in [0.1, 0.15) is 0 Å². The normalized spacial score (nSPS) is 18.9. The maximum atomic E-state index is 11.7. The number of rotatable bonds is 4. The van der Waals surface area contributed by atoms with E-state index in [9.17, 15) is 4.79 Å². The average molecular weight is 267 g/mol. The highest BCUT2D eigenvalue weighted by Gasteiger charge is 2.22. The fraction of sp³-hybridized carbons (Fsp3) is 0.615. The van der Waals surface area contributed by atoms with Gasteiger partial charge < -0.3 is 10.6 Å². The number of amides is 1. The van der Waals surface area contributed by atoms with Gasteiger partial charge in [-0.2, -0.15) is 0 Å². The Morgan fingerprint density at radius 3 is 2.72 bits per heavy atom. The Morgan fingerprint density at radius 1 is 1.44 bits per heavy atom. The number of hydrogen-bond acceptors (Lipinski definition) is 4. The van der Waals surface area contributed by atoms with Gasteiger partial charge >= 0.3 is 0 Å². The van der Waals surface area contributed by atoms with Crippen LogP contribution >= 0.6 is 11.3 Å². The van der Waals surface area contributed by atoms with E-state index in [1.54, 1.807) is 6.92 Å². The summed E-state index contributed by atoms with van der Waals surface area (Å²) in [6.07, 6.45) is 1.11. The Labute approximate surface area is 112 Å². The molecular weight excluding hydrogens is 246 g/mol. The van der Waals surface area contributed by atoms with Crippen LogP contribution in [0.1, 0.15) is 11.8 Å². The van der Waals surface area contributed by atoms with Crippen LogP contribution in [-0.4, -0.2) is 54.5 Å². The summed E-state index contributed by atoms with van der Waals surface area (Å²) in [6, 6.07) is 3.91. The molecule has 1 aliphatic rings. The van der Waals surface area contributed by atoms with E-state index >= 15 is 0 Å². The van der Waals surface area contributed by atoms with Crippen molar-refractivity contribution in [2.75, 3.05) is 32.7 Å². The number of hydrogen-bond donors (Lipinski definition) is 1. The molecule has 4 nitrogen and oxygen atoms in total. The Bertz CT molecular complexity index is 370. The van der Waals surface area contributed by atoms with Gasteiger partial charge in [-0.05, 0) is 24.8 Å². The fourth-order valence-corrected chi connectivity index (χ4v) is 2.90. The molecule has 1 saturated heterocycles. The van der Waals surface area contributed by atoms with Crippen molar-refractivity contribution < 1.29 is 4.79 Å². The van der Waals surface area contributed by atoms with Crippen LogP contribution in [0.3, 0.4) is 0 Å². The summed E-state index contributed by atoms with van der Waals surface area (Å²) >= 11 is 1.81. The van der Waals surface area contributed by atoms with E-state index < -0.39 is 0 Å². The molecular formula is C13H21N3OS. The molecule has 1 atom stereocenters. The number of piperazine rings is 1. The number of thiophene rings is 1. The molecule has 18 heavy (non-hydrogen) atoms. The lowest BCUT2D eigenvalue weighted by Crippen LogP contribution is -2.52. The van der Waals surface area contributed by atoms with E-state index in [2.05, 4.69) is 22.4 Å². The highest BCUT2D eigenvalue weighted by atomic mass is 32.1. The van der Waals surface area contributed by atoms with Gasteiger partial charge in [0.15, 0.2) is 0 Å². The van der Waals surface area contributed by atoms with Crippen LogP contribution in [0, 0.1) is 0 Å². The van der Waals surface area contributed by atoms with Crippen molar-refractivity contribution in [3.8, 4) is 0 Å². The van der Waals surface area contributed by atoms with Crippen LogP contribution in [0.5, 0.6) is 0 Å². The third-order valence-corrected chi connectivity index (χ3v) is 4.26. The smallest absolute Gasteiger partial charge is 0.239 e. The van der Waals surface area contributed by atoms with Crippen molar-refractivity contribution in [2.45, 2.75) is 19.4 Å². The zero-order chi connectivity index (χ0) is 13.0. The van der Waals surface area contributed by atoms with E-state index in [0.29, 0.717) is 0 Å². The predicted octanol–water partition coefficient (Wildman–Crippen LogP) is 0.782. The van der Waals surface area contributed by atoms with Crippen LogP contribution < -0.4 is 5.73 Å². The Hall–Kier alpha value is -0.910. The van der Waals surface area contributed by atoms with Crippen molar-refractivity contribution in [1.29, 1.82) is 0 Å². The molecule has 1 aromatic rings. The van der Waals surface area contributed by atoms with Crippen molar-refractivity contribution in [3.05, 3.63) is 22.4 Å². The maximum Gasteiger partial charge on any atom is 0.239 e. The maximum absolute atomic E-state index is 11.7. The second-order valence-electron chi connectivity index (χ2n) is 4.78. The standard InChI is InChI=1S/C13H21N3OS/c1-11(14)13(17)16-8-6-15(7-9-16)5-4-12-3-2-10-18-12/h2-3,10-11H,4-9,14H2,1H3/t11-/m1/s1. The minimum atomic E-state index is -0.373. The molecule has 0 saturated carbocycles. The first-order chi connectivity index (χ1) is 8.66. The number of nitrogens with zero attached hydrogens (tertiary/aromatic N) is 2. The zero-order valence-electron chi connectivity index (χ0n) is 10.8. The summed E-state index contributed by atoms with van der Waals surface area (Å²) in [7, 11) is 0. The Morgan fingerprint density at radius 2 is 2.17 bits per heavy atom. The van der Waals surface area contributed by atoms with Crippen LogP contribution in [0.25, 0.3) is 0 Å². The number of nitrogens with two attached hydrogens (primary N) is 1. The monoisotopic (exact) mass is 267 g/mol.